The second-order valence-electron chi connectivity index (χ2n) is 6.48. The molecule has 0 atom stereocenters. The maximum absolute atomic E-state index is 13.0. The summed E-state index contributed by atoms with van der Waals surface area (Å²) in [6.07, 6.45) is 3.14. The van der Waals surface area contributed by atoms with Gasteiger partial charge in [0, 0.05) is 31.2 Å². The van der Waals surface area contributed by atoms with E-state index in [2.05, 4.69) is 10.3 Å². The zero-order chi connectivity index (χ0) is 21.7. The predicted molar refractivity (Wildman–Crippen MR) is 117 cm³/mol. The lowest BCUT2D eigenvalue weighted by Gasteiger charge is -2.21. The van der Waals surface area contributed by atoms with Crippen molar-refractivity contribution >= 4 is 38.9 Å². The maximum atomic E-state index is 13.0. The maximum Gasteiger partial charge on any atom is 0.265 e. The molecular formula is C21H20ClN3O4S. The molecule has 30 heavy (non-hydrogen) atoms. The van der Waals surface area contributed by atoms with Crippen LogP contribution in [0.2, 0.25) is 5.02 Å². The molecular weight excluding hydrogens is 426 g/mol. The molecule has 156 valence electrons. The number of carbonyl (C=O) groups excluding carboxylic acids is 1. The summed E-state index contributed by atoms with van der Waals surface area (Å²) in [5.74, 6) is 0.0254. The fourth-order valence-electron chi connectivity index (χ4n) is 2.71. The van der Waals surface area contributed by atoms with Crippen LogP contribution in [0.15, 0.2) is 71.9 Å². The molecule has 9 heteroatoms. The molecule has 1 aromatic heterocycles. The summed E-state index contributed by atoms with van der Waals surface area (Å²) in [6, 6.07) is 14.6. The van der Waals surface area contributed by atoms with Crippen LogP contribution in [0.4, 0.5) is 11.4 Å². The minimum atomic E-state index is -3.87. The lowest BCUT2D eigenvalue weighted by molar-refractivity contribution is -0.118. The summed E-state index contributed by atoms with van der Waals surface area (Å²) in [6.45, 7) is 1.58. The Morgan fingerprint density at radius 1 is 1.13 bits per heavy atom. The first-order chi connectivity index (χ1) is 14.3. The van der Waals surface area contributed by atoms with Crippen LogP contribution in [0.5, 0.6) is 5.75 Å². The molecule has 0 saturated carbocycles. The van der Waals surface area contributed by atoms with E-state index in [0.717, 1.165) is 9.87 Å². The summed E-state index contributed by atoms with van der Waals surface area (Å²) in [5, 5.41) is 2.83. The number of ether oxygens (including phenoxy) is 1. The lowest BCUT2D eigenvalue weighted by atomic mass is 10.2. The van der Waals surface area contributed by atoms with Crippen LogP contribution >= 0.6 is 11.6 Å². The second kappa shape index (κ2) is 9.15. The highest BCUT2D eigenvalue weighted by atomic mass is 35.5. The van der Waals surface area contributed by atoms with Gasteiger partial charge in [0.15, 0.2) is 6.61 Å². The number of pyridine rings is 1. The van der Waals surface area contributed by atoms with E-state index in [1.165, 1.54) is 19.2 Å². The number of sulfonamides is 1. The van der Waals surface area contributed by atoms with Crippen molar-refractivity contribution in [2.24, 2.45) is 0 Å². The summed E-state index contributed by atoms with van der Waals surface area (Å²) < 4.78 is 32.7. The van der Waals surface area contributed by atoms with Crippen LogP contribution in [-0.4, -0.2) is 33.0 Å². The Kier molecular flexibility index (Phi) is 6.59. The van der Waals surface area contributed by atoms with E-state index >= 15 is 0 Å². The smallest absolute Gasteiger partial charge is 0.265 e. The summed E-state index contributed by atoms with van der Waals surface area (Å²) >= 11 is 6.08. The van der Waals surface area contributed by atoms with Crippen molar-refractivity contribution in [3.05, 3.63) is 77.6 Å². The Bertz CT molecular complexity index is 1150. The van der Waals surface area contributed by atoms with Crippen LogP contribution < -0.4 is 14.4 Å². The van der Waals surface area contributed by atoms with Crippen molar-refractivity contribution in [1.29, 1.82) is 0 Å². The Balaban J connectivity index is 1.76. The molecule has 0 spiro atoms. The fourth-order valence-corrected chi connectivity index (χ4v) is 4.39. The van der Waals surface area contributed by atoms with Gasteiger partial charge < -0.3 is 10.1 Å². The van der Waals surface area contributed by atoms with Gasteiger partial charge >= 0.3 is 0 Å². The lowest BCUT2D eigenvalue weighted by Crippen LogP contribution is -2.27. The summed E-state index contributed by atoms with van der Waals surface area (Å²) in [4.78, 5) is 16.0. The minimum Gasteiger partial charge on any atom is -0.484 e. The normalized spacial score (nSPS) is 11.0. The number of hydrogen-bond acceptors (Lipinski definition) is 5. The van der Waals surface area contributed by atoms with E-state index in [1.807, 2.05) is 6.92 Å². The Morgan fingerprint density at radius 2 is 1.83 bits per heavy atom. The molecule has 2 aromatic carbocycles. The topological polar surface area (TPSA) is 88.6 Å². The standard InChI is InChI=1S/C21H20ClN3O4S/c1-15-11-17(25(2)30(27,28)20-6-4-3-5-19(20)22)13-18(12-15)29-14-21(26)24-16-7-9-23-10-8-16/h3-13H,14H2,1-2H3,(H,23,24,26). The molecule has 1 amide bonds. The van der Waals surface area contributed by atoms with Crippen molar-refractivity contribution in [3.63, 3.8) is 0 Å². The van der Waals surface area contributed by atoms with Crippen LogP contribution in [-0.2, 0) is 14.8 Å². The molecule has 3 rings (SSSR count). The highest BCUT2D eigenvalue weighted by Crippen LogP contribution is 2.30. The number of hydrogen-bond donors (Lipinski definition) is 1. The zero-order valence-corrected chi connectivity index (χ0v) is 17.9. The van der Waals surface area contributed by atoms with Crippen LogP contribution in [0, 0.1) is 6.92 Å². The van der Waals surface area contributed by atoms with Gasteiger partial charge in [0.25, 0.3) is 15.9 Å². The van der Waals surface area contributed by atoms with Gasteiger partial charge in [-0.05, 0) is 48.9 Å². The number of rotatable bonds is 7. The number of benzene rings is 2. The summed E-state index contributed by atoms with van der Waals surface area (Å²) in [5.41, 5.74) is 1.77. The Morgan fingerprint density at radius 3 is 2.53 bits per heavy atom. The predicted octanol–water partition coefficient (Wildman–Crippen LogP) is 3.89. The van der Waals surface area contributed by atoms with E-state index in [4.69, 9.17) is 16.3 Å². The summed E-state index contributed by atoms with van der Waals surface area (Å²) in [7, 11) is -2.43. The van der Waals surface area contributed by atoms with E-state index in [-0.39, 0.29) is 22.4 Å². The van der Waals surface area contributed by atoms with Gasteiger partial charge in [-0.15, -0.1) is 0 Å². The minimum absolute atomic E-state index is 0.00914. The molecule has 0 aliphatic carbocycles. The van der Waals surface area contributed by atoms with E-state index in [1.54, 1.807) is 54.9 Å². The second-order valence-corrected chi connectivity index (χ2v) is 8.82. The van der Waals surface area contributed by atoms with E-state index < -0.39 is 10.0 Å². The van der Waals surface area contributed by atoms with Crippen LogP contribution in [0.25, 0.3) is 0 Å². The number of aromatic nitrogens is 1. The molecule has 1 heterocycles. The molecule has 1 N–H and O–H groups in total. The average Bonchev–Trinajstić information content (AvgIpc) is 2.72. The van der Waals surface area contributed by atoms with Gasteiger partial charge in [0.2, 0.25) is 0 Å². The van der Waals surface area contributed by atoms with Gasteiger partial charge in [0.05, 0.1) is 10.7 Å². The number of aryl methyl sites for hydroxylation is 1. The first-order valence-corrected chi connectivity index (χ1v) is 10.8. The molecule has 0 saturated heterocycles. The third-order valence-corrected chi connectivity index (χ3v) is 6.49. The van der Waals surface area contributed by atoms with Crippen molar-refractivity contribution < 1.29 is 17.9 Å². The highest BCUT2D eigenvalue weighted by Gasteiger charge is 2.24. The van der Waals surface area contributed by atoms with Gasteiger partial charge in [0.1, 0.15) is 10.6 Å². The Labute approximate surface area is 180 Å². The number of amides is 1. The van der Waals surface area contributed by atoms with Gasteiger partial charge in [-0.3, -0.25) is 14.1 Å². The highest BCUT2D eigenvalue weighted by molar-refractivity contribution is 7.93. The van der Waals surface area contributed by atoms with Crippen molar-refractivity contribution in [1.82, 2.24) is 4.98 Å². The Hall–Kier alpha value is -3.10. The van der Waals surface area contributed by atoms with Crippen LogP contribution in [0.3, 0.4) is 0 Å². The molecule has 0 fully saturated rings. The number of halogens is 1. The first kappa shape index (κ1) is 21.6. The fraction of sp³-hybridized carbons (Fsp3) is 0.143. The largest absolute Gasteiger partial charge is 0.484 e. The molecule has 0 unspecified atom stereocenters. The van der Waals surface area contributed by atoms with Crippen molar-refractivity contribution in [2.45, 2.75) is 11.8 Å². The molecule has 0 aliphatic heterocycles. The number of nitrogens with zero attached hydrogens (tertiary/aromatic N) is 2. The molecule has 0 aliphatic rings. The van der Waals surface area contributed by atoms with Crippen molar-refractivity contribution in [2.75, 3.05) is 23.3 Å². The molecule has 7 nitrogen and oxygen atoms in total. The zero-order valence-electron chi connectivity index (χ0n) is 16.4. The monoisotopic (exact) mass is 445 g/mol. The van der Waals surface area contributed by atoms with E-state index in [0.29, 0.717) is 17.1 Å². The SMILES string of the molecule is Cc1cc(OCC(=O)Nc2ccncc2)cc(N(C)S(=O)(=O)c2ccccc2Cl)c1. The number of carbonyl (C=O) groups is 1. The molecule has 0 radical (unpaired) electrons. The van der Waals surface area contributed by atoms with Crippen molar-refractivity contribution in [3.8, 4) is 5.75 Å². The van der Waals surface area contributed by atoms with Gasteiger partial charge in [-0.2, -0.15) is 0 Å². The third kappa shape index (κ3) is 5.08. The quantitative estimate of drug-likeness (QED) is 0.596. The molecule has 0 bridgehead atoms. The third-order valence-electron chi connectivity index (χ3n) is 4.21. The van der Waals surface area contributed by atoms with Gasteiger partial charge in [-0.25, -0.2) is 8.42 Å². The average molecular weight is 446 g/mol. The van der Waals surface area contributed by atoms with Gasteiger partial charge in [-0.1, -0.05) is 23.7 Å². The molecule has 3 aromatic rings. The van der Waals surface area contributed by atoms with E-state index in [9.17, 15) is 13.2 Å². The number of anilines is 2. The first-order valence-electron chi connectivity index (χ1n) is 8.95. The van der Waals surface area contributed by atoms with Crippen LogP contribution in [0.1, 0.15) is 5.56 Å². The number of nitrogens with one attached hydrogen (secondary N) is 1.